The maximum atomic E-state index is 11.8. The Morgan fingerprint density at radius 2 is 1.43 bits per heavy atom. The Labute approximate surface area is 188 Å². The number of hydrogen-bond acceptors (Lipinski definition) is 4. The van der Waals surface area contributed by atoms with E-state index in [1.54, 1.807) is 0 Å². The molecule has 0 radical (unpaired) electrons. The van der Waals surface area contributed by atoms with Gasteiger partial charge in [0.25, 0.3) is 0 Å². The number of amides is 1. The topological polar surface area (TPSA) is 64.6 Å². The zero-order chi connectivity index (χ0) is 23.9. The first kappa shape index (κ1) is 29.5. The molecule has 0 rings (SSSR count). The quantitative estimate of drug-likeness (QED) is 0.281. The van der Waals surface area contributed by atoms with Crippen molar-refractivity contribution in [1.29, 1.82) is 0 Å². The van der Waals surface area contributed by atoms with E-state index in [2.05, 4.69) is 66.9 Å². The molecule has 0 spiro atoms. The third-order valence-electron chi connectivity index (χ3n) is 7.25. The average Bonchev–Trinajstić information content (AvgIpc) is 2.65. The van der Waals surface area contributed by atoms with Crippen LogP contribution in [-0.2, 0) is 18.4 Å². The van der Waals surface area contributed by atoms with Crippen molar-refractivity contribution in [2.45, 2.75) is 124 Å². The van der Waals surface area contributed by atoms with E-state index in [1.165, 1.54) is 6.92 Å². The van der Waals surface area contributed by atoms with Gasteiger partial charge < -0.3 is 19.0 Å². The van der Waals surface area contributed by atoms with Gasteiger partial charge in [-0.1, -0.05) is 55.4 Å². The van der Waals surface area contributed by atoms with Gasteiger partial charge in [-0.3, -0.25) is 4.79 Å². The fourth-order valence-electron chi connectivity index (χ4n) is 3.83. The molecule has 1 N–H and O–H groups in total. The van der Waals surface area contributed by atoms with Crippen LogP contribution < -0.4 is 5.32 Å². The lowest BCUT2D eigenvalue weighted by molar-refractivity contribution is -0.122. The highest BCUT2D eigenvalue weighted by molar-refractivity contribution is 6.74. The first-order valence-electron chi connectivity index (χ1n) is 11.7. The van der Waals surface area contributed by atoms with Gasteiger partial charge >= 0.3 is 0 Å². The first-order chi connectivity index (χ1) is 13.6. The monoisotopic (exact) mass is 459 g/mol. The largest absolute Gasteiger partial charge is 0.413 e. The molecule has 0 aromatic rings. The molecule has 0 aliphatic rings. The van der Waals surface area contributed by atoms with E-state index in [0.29, 0.717) is 0 Å². The van der Waals surface area contributed by atoms with Crippen LogP contribution in [0.15, 0.2) is 0 Å². The zero-order valence-electron chi connectivity index (χ0n) is 21.7. The predicted molar refractivity (Wildman–Crippen MR) is 132 cm³/mol. The second kappa shape index (κ2) is 11.9. The van der Waals surface area contributed by atoms with Gasteiger partial charge in [0.15, 0.2) is 16.6 Å². The van der Waals surface area contributed by atoms with E-state index in [1.807, 2.05) is 13.8 Å². The predicted octanol–water partition coefficient (Wildman–Crippen LogP) is 5.76. The molecule has 0 aromatic carbocycles. The number of carbonyl (C=O) groups is 2. The summed E-state index contributed by atoms with van der Waals surface area (Å²) in [6.45, 7) is 25.3. The van der Waals surface area contributed by atoms with Crippen molar-refractivity contribution >= 4 is 28.8 Å². The number of nitrogens with one attached hydrogen (secondary N) is 1. The third-order valence-corrected chi connectivity index (χ3v) is 16.4. The lowest BCUT2D eigenvalue weighted by Crippen LogP contribution is -2.56. The molecule has 0 bridgehead atoms. The molecule has 1 amide bonds. The number of rotatable bonds is 13. The van der Waals surface area contributed by atoms with Crippen molar-refractivity contribution in [1.82, 2.24) is 5.32 Å². The molecule has 0 heterocycles. The average molecular weight is 460 g/mol. The smallest absolute Gasteiger partial charge is 0.217 e. The molecular formula is C23H49NO4Si2. The van der Waals surface area contributed by atoms with E-state index in [0.717, 1.165) is 24.4 Å². The van der Waals surface area contributed by atoms with Crippen LogP contribution in [0.4, 0.5) is 0 Å². The van der Waals surface area contributed by atoms with E-state index >= 15 is 0 Å². The van der Waals surface area contributed by atoms with Crippen molar-refractivity contribution in [2.75, 3.05) is 0 Å². The summed E-state index contributed by atoms with van der Waals surface area (Å²) < 4.78 is 13.7. The van der Waals surface area contributed by atoms with Gasteiger partial charge in [-0.15, -0.1) is 0 Å². The molecule has 0 aromatic heterocycles. The van der Waals surface area contributed by atoms with Crippen molar-refractivity contribution in [3.8, 4) is 0 Å². The SMILES string of the molecule is CC[Si](CC)(CC)O[C@@H]([C@H](C)[C@H](O[Si](C)(C)C(C)(C)C)[C@@H](C)NC(C)=O)[C@H](C)C=O. The number of carbonyl (C=O) groups excluding carboxylic acids is 2. The van der Waals surface area contributed by atoms with Crippen LogP contribution in [0.2, 0.25) is 36.3 Å². The molecule has 0 aliphatic carbocycles. The molecule has 0 aliphatic heterocycles. The van der Waals surface area contributed by atoms with Crippen LogP contribution in [0.3, 0.4) is 0 Å². The highest BCUT2D eigenvalue weighted by Gasteiger charge is 2.45. The molecule has 0 fully saturated rings. The molecule has 0 saturated carbocycles. The van der Waals surface area contributed by atoms with Crippen LogP contribution in [-0.4, -0.2) is 47.1 Å². The Hall–Kier alpha value is -0.506. The summed E-state index contributed by atoms with van der Waals surface area (Å²) in [6, 6.07) is 2.93. The Morgan fingerprint density at radius 3 is 1.77 bits per heavy atom. The molecule has 5 atom stereocenters. The van der Waals surface area contributed by atoms with Crippen LogP contribution >= 0.6 is 0 Å². The molecule has 7 heteroatoms. The second-order valence-electron chi connectivity index (χ2n) is 10.5. The van der Waals surface area contributed by atoms with Crippen LogP contribution in [0, 0.1) is 11.8 Å². The number of hydrogen-bond donors (Lipinski definition) is 1. The summed E-state index contributed by atoms with van der Waals surface area (Å²) in [5.74, 6) is -0.330. The lowest BCUT2D eigenvalue weighted by Gasteiger charge is -2.46. The zero-order valence-corrected chi connectivity index (χ0v) is 23.7. The lowest BCUT2D eigenvalue weighted by atomic mass is 9.87. The van der Waals surface area contributed by atoms with Crippen LogP contribution in [0.25, 0.3) is 0 Å². The Morgan fingerprint density at radius 1 is 0.967 bits per heavy atom. The van der Waals surface area contributed by atoms with Gasteiger partial charge in [0, 0.05) is 18.8 Å². The highest BCUT2D eigenvalue weighted by Crippen LogP contribution is 2.40. The maximum absolute atomic E-state index is 11.8. The summed E-state index contributed by atoms with van der Waals surface area (Å²) in [5.41, 5.74) is 0. The summed E-state index contributed by atoms with van der Waals surface area (Å²) in [7, 11) is -4.02. The second-order valence-corrected chi connectivity index (χ2v) is 20.0. The standard InChI is InChI=1S/C23H49NO4Si2/c1-13-30(14-2,15-3)28-21(17(4)16-25)18(5)22(19(6)24-20(7)26)27-29(11,12)23(8,9)10/h16-19,21-22H,13-15H2,1-12H3,(H,24,26)/t17-,18+,19-,21-,22+/m1/s1. The normalized spacial score (nSPS) is 18.3. The van der Waals surface area contributed by atoms with Crippen LogP contribution in [0.5, 0.6) is 0 Å². The van der Waals surface area contributed by atoms with Gasteiger partial charge in [0.1, 0.15) is 6.29 Å². The Kier molecular flexibility index (Phi) is 11.7. The Balaban J connectivity index is 6.16. The van der Waals surface area contributed by atoms with Gasteiger partial charge in [-0.2, -0.15) is 0 Å². The molecule has 178 valence electrons. The fourth-order valence-corrected chi connectivity index (χ4v) is 8.29. The van der Waals surface area contributed by atoms with Crippen molar-refractivity contribution in [2.24, 2.45) is 11.8 Å². The summed E-state index contributed by atoms with van der Waals surface area (Å²) >= 11 is 0. The fraction of sp³-hybridized carbons (Fsp3) is 0.913. The minimum Gasteiger partial charge on any atom is -0.413 e. The van der Waals surface area contributed by atoms with Crippen molar-refractivity contribution in [3.63, 3.8) is 0 Å². The van der Waals surface area contributed by atoms with Gasteiger partial charge in [-0.05, 0) is 43.2 Å². The Bertz CT molecular complexity index is 536. The number of aldehydes is 1. The summed E-state index contributed by atoms with van der Waals surface area (Å²) in [6.07, 6.45) is 0.563. The highest BCUT2D eigenvalue weighted by atomic mass is 28.4. The van der Waals surface area contributed by atoms with E-state index in [9.17, 15) is 9.59 Å². The minimum atomic E-state index is -2.10. The molecular weight excluding hydrogens is 410 g/mol. The molecule has 30 heavy (non-hydrogen) atoms. The minimum absolute atomic E-state index is 0.0299. The molecule has 5 nitrogen and oxygen atoms in total. The molecule has 0 saturated heterocycles. The third kappa shape index (κ3) is 7.88. The first-order valence-corrected chi connectivity index (χ1v) is 17.1. The maximum Gasteiger partial charge on any atom is 0.217 e. The van der Waals surface area contributed by atoms with Crippen molar-refractivity contribution < 1.29 is 18.4 Å². The molecule has 0 unspecified atom stereocenters. The van der Waals surface area contributed by atoms with Crippen LogP contribution in [0.1, 0.15) is 69.2 Å². The van der Waals surface area contributed by atoms with Crippen molar-refractivity contribution in [3.05, 3.63) is 0 Å². The summed E-state index contributed by atoms with van der Waals surface area (Å²) in [5, 5.41) is 3.08. The van der Waals surface area contributed by atoms with Gasteiger partial charge in [0.05, 0.1) is 18.2 Å². The summed E-state index contributed by atoms with van der Waals surface area (Å²) in [4.78, 5) is 23.7. The van der Waals surface area contributed by atoms with Gasteiger partial charge in [0.2, 0.25) is 5.91 Å². The van der Waals surface area contributed by atoms with E-state index in [-0.39, 0.29) is 41.0 Å². The van der Waals surface area contributed by atoms with E-state index < -0.39 is 16.6 Å². The van der Waals surface area contributed by atoms with E-state index in [4.69, 9.17) is 8.85 Å². The van der Waals surface area contributed by atoms with Gasteiger partial charge in [-0.25, -0.2) is 0 Å².